The number of rotatable bonds is 3. The molecule has 0 aromatic carbocycles. The molecule has 0 amide bonds. The van der Waals surface area contributed by atoms with E-state index in [4.69, 9.17) is 0 Å². The van der Waals surface area contributed by atoms with Crippen molar-refractivity contribution in [3.63, 3.8) is 0 Å². The lowest BCUT2D eigenvalue weighted by molar-refractivity contribution is 1.25. The first-order valence-corrected chi connectivity index (χ1v) is 4.81. The highest BCUT2D eigenvalue weighted by Crippen LogP contribution is 1.93. The first-order chi connectivity index (χ1) is 7.95. The quantitative estimate of drug-likeness (QED) is 0.574. The Morgan fingerprint density at radius 3 is 1.44 bits per heavy atom. The van der Waals surface area contributed by atoms with E-state index in [-0.39, 0.29) is 0 Å². The molecule has 0 fully saturated rings. The third-order valence-corrected chi connectivity index (χ3v) is 1.89. The second kappa shape index (κ2) is 5.50. The Hall–Kier alpha value is -2.36. The van der Waals surface area contributed by atoms with Gasteiger partial charge in [-0.2, -0.15) is 10.2 Å². The Balaban J connectivity index is 1.98. The molecule has 0 saturated carbocycles. The monoisotopic (exact) mass is 210 g/mol. The fourth-order valence-corrected chi connectivity index (χ4v) is 1.10. The summed E-state index contributed by atoms with van der Waals surface area (Å²) in [5, 5.41) is 7.87. The molecular formula is C12H10N4. The maximum Gasteiger partial charge on any atom is 0.0569 e. The highest BCUT2D eigenvalue weighted by atomic mass is 15.2. The average molecular weight is 210 g/mol. The molecule has 0 N–H and O–H groups in total. The molecule has 2 aromatic rings. The molecule has 4 heteroatoms. The van der Waals surface area contributed by atoms with E-state index in [0.717, 1.165) is 11.1 Å². The van der Waals surface area contributed by atoms with Gasteiger partial charge in [0.15, 0.2) is 0 Å². The van der Waals surface area contributed by atoms with E-state index in [0.29, 0.717) is 0 Å². The third kappa shape index (κ3) is 3.09. The SMILES string of the molecule is C(=NN=Cc1ccncc1)c1ccncc1. The molecule has 2 heterocycles. The standard InChI is InChI=1S/C12H10N4/c1-5-13-6-2-11(1)9-15-16-10-12-3-7-14-8-4-12/h1-10H. The van der Waals surface area contributed by atoms with Gasteiger partial charge < -0.3 is 0 Å². The van der Waals surface area contributed by atoms with Crippen LogP contribution in [0.25, 0.3) is 0 Å². The van der Waals surface area contributed by atoms with Crippen LogP contribution in [0.3, 0.4) is 0 Å². The van der Waals surface area contributed by atoms with E-state index in [1.165, 1.54) is 0 Å². The minimum Gasteiger partial charge on any atom is -0.265 e. The first-order valence-electron chi connectivity index (χ1n) is 4.81. The Morgan fingerprint density at radius 2 is 1.06 bits per heavy atom. The normalized spacial score (nSPS) is 11.2. The molecule has 0 bridgehead atoms. The second-order valence-electron chi connectivity index (χ2n) is 3.05. The molecule has 0 atom stereocenters. The van der Waals surface area contributed by atoms with Gasteiger partial charge >= 0.3 is 0 Å². The summed E-state index contributed by atoms with van der Waals surface area (Å²) < 4.78 is 0. The molecule has 0 saturated heterocycles. The Morgan fingerprint density at radius 1 is 0.688 bits per heavy atom. The minimum absolute atomic E-state index is 0.974. The van der Waals surface area contributed by atoms with Crippen LogP contribution < -0.4 is 0 Å². The maximum absolute atomic E-state index is 3.93. The molecular weight excluding hydrogens is 200 g/mol. The molecule has 2 rings (SSSR count). The van der Waals surface area contributed by atoms with Gasteiger partial charge in [-0.1, -0.05) is 0 Å². The lowest BCUT2D eigenvalue weighted by Gasteiger charge is -1.88. The number of nitrogens with zero attached hydrogens (tertiary/aromatic N) is 4. The van der Waals surface area contributed by atoms with Crippen molar-refractivity contribution in [2.45, 2.75) is 0 Å². The molecule has 0 aliphatic rings. The van der Waals surface area contributed by atoms with Crippen LogP contribution in [0.1, 0.15) is 11.1 Å². The molecule has 0 spiro atoms. The van der Waals surface area contributed by atoms with Crippen LogP contribution in [0.4, 0.5) is 0 Å². The van der Waals surface area contributed by atoms with Crippen molar-refractivity contribution >= 4 is 12.4 Å². The molecule has 0 radical (unpaired) electrons. The van der Waals surface area contributed by atoms with Crippen molar-refractivity contribution in [1.82, 2.24) is 9.97 Å². The van der Waals surface area contributed by atoms with E-state index in [1.54, 1.807) is 37.2 Å². The summed E-state index contributed by atoms with van der Waals surface area (Å²) in [5.41, 5.74) is 1.95. The summed E-state index contributed by atoms with van der Waals surface area (Å²) in [6.07, 6.45) is 10.2. The van der Waals surface area contributed by atoms with Gasteiger partial charge in [0.25, 0.3) is 0 Å². The average Bonchev–Trinajstić information content (AvgIpc) is 2.37. The zero-order valence-electron chi connectivity index (χ0n) is 8.56. The van der Waals surface area contributed by atoms with E-state index >= 15 is 0 Å². The molecule has 78 valence electrons. The van der Waals surface area contributed by atoms with Crippen LogP contribution in [0.2, 0.25) is 0 Å². The highest BCUT2D eigenvalue weighted by Gasteiger charge is 1.84. The van der Waals surface area contributed by atoms with E-state index in [2.05, 4.69) is 20.2 Å². The van der Waals surface area contributed by atoms with Crippen LogP contribution in [0.5, 0.6) is 0 Å². The molecule has 4 nitrogen and oxygen atoms in total. The van der Waals surface area contributed by atoms with Gasteiger partial charge in [0.05, 0.1) is 12.4 Å². The molecule has 0 aliphatic heterocycles. The van der Waals surface area contributed by atoms with Gasteiger partial charge in [0.1, 0.15) is 0 Å². The highest BCUT2D eigenvalue weighted by molar-refractivity contribution is 5.82. The van der Waals surface area contributed by atoms with Gasteiger partial charge in [-0.25, -0.2) is 0 Å². The Labute approximate surface area is 93.4 Å². The smallest absolute Gasteiger partial charge is 0.0569 e. The number of pyridine rings is 2. The van der Waals surface area contributed by atoms with E-state index in [1.807, 2.05) is 24.3 Å². The van der Waals surface area contributed by atoms with Crippen molar-refractivity contribution in [1.29, 1.82) is 0 Å². The molecule has 2 aromatic heterocycles. The van der Waals surface area contributed by atoms with Crippen molar-refractivity contribution in [2.24, 2.45) is 10.2 Å². The lowest BCUT2D eigenvalue weighted by Crippen LogP contribution is -1.81. The zero-order valence-corrected chi connectivity index (χ0v) is 8.56. The fourth-order valence-electron chi connectivity index (χ4n) is 1.10. The van der Waals surface area contributed by atoms with Gasteiger partial charge in [0, 0.05) is 24.8 Å². The van der Waals surface area contributed by atoms with Crippen molar-refractivity contribution in [3.8, 4) is 0 Å². The number of hydrogen-bond acceptors (Lipinski definition) is 4. The third-order valence-electron chi connectivity index (χ3n) is 1.89. The molecule has 16 heavy (non-hydrogen) atoms. The van der Waals surface area contributed by atoms with Gasteiger partial charge in [-0.05, 0) is 35.4 Å². The minimum atomic E-state index is 0.974. The summed E-state index contributed by atoms with van der Waals surface area (Å²) >= 11 is 0. The fraction of sp³-hybridized carbons (Fsp3) is 0. The summed E-state index contributed by atoms with van der Waals surface area (Å²) in [4.78, 5) is 7.83. The van der Waals surface area contributed by atoms with Crippen LogP contribution >= 0.6 is 0 Å². The Kier molecular flexibility index (Phi) is 3.50. The van der Waals surface area contributed by atoms with Crippen LogP contribution in [-0.4, -0.2) is 22.4 Å². The molecule has 0 aliphatic carbocycles. The van der Waals surface area contributed by atoms with Crippen molar-refractivity contribution in [3.05, 3.63) is 60.2 Å². The van der Waals surface area contributed by atoms with Gasteiger partial charge in [0.2, 0.25) is 0 Å². The summed E-state index contributed by atoms with van der Waals surface area (Å²) in [6.45, 7) is 0. The second-order valence-corrected chi connectivity index (χ2v) is 3.05. The number of hydrogen-bond donors (Lipinski definition) is 0. The Bertz CT molecular complexity index is 429. The predicted molar refractivity (Wildman–Crippen MR) is 63.7 cm³/mol. The van der Waals surface area contributed by atoms with E-state index in [9.17, 15) is 0 Å². The lowest BCUT2D eigenvalue weighted by atomic mass is 10.3. The van der Waals surface area contributed by atoms with Gasteiger partial charge in [-0.3, -0.25) is 9.97 Å². The summed E-state index contributed by atoms with van der Waals surface area (Å²) in [5.74, 6) is 0. The topological polar surface area (TPSA) is 50.5 Å². The van der Waals surface area contributed by atoms with Crippen molar-refractivity contribution in [2.75, 3.05) is 0 Å². The summed E-state index contributed by atoms with van der Waals surface area (Å²) in [6, 6.07) is 7.47. The molecule has 0 unspecified atom stereocenters. The number of aromatic nitrogens is 2. The largest absolute Gasteiger partial charge is 0.265 e. The van der Waals surface area contributed by atoms with Crippen LogP contribution in [-0.2, 0) is 0 Å². The summed E-state index contributed by atoms with van der Waals surface area (Å²) in [7, 11) is 0. The maximum atomic E-state index is 3.93. The van der Waals surface area contributed by atoms with Crippen LogP contribution in [0, 0.1) is 0 Å². The zero-order chi connectivity index (χ0) is 11.1. The van der Waals surface area contributed by atoms with Crippen LogP contribution in [0.15, 0.2) is 59.3 Å². The van der Waals surface area contributed by atoms with Crippen molar-refractivity contribution < 1.29 is 0 Å². The van der Waals surface area contributed by atoms with Gasteiger partial charge in [-0.15, -0.1) is 0 Å². The van der Waals surface area contributed by atoms with E-state index < -0.39 is 0 Å². The first kappa shape index (κ1) is 10.2. The predicted octanol–water partition coefficient (Wildman–Crippen LogP) is 1.93.